The predicted molar refractivity (Wildman–Crippen MR) is 121 cm³/mol. The number of hydrogen-bond acceptors (Lipinski definition) is 7. The molecule has 4 rings (SSSR count). The maximum atomic E-state index is 13.1. The van der Waals surface area contributed by atoms with Crippen LogP contribution in [-0.2, 0) is 27.8 Å². The number of amides is 1. The van der Waals surface area contributed by atoms with E-state index in [2.05, 4.69) is 26.8 Å². The second kappa shape index (κ2) is 8.69. The average molecular weight is 508 g/mol. The van der Waals surface area contributed by atoms with Gasteiger partial charge in [0.2, 0.25) is 0 Å². The first-order chi connectivity index (χ1) is 16.5. The van der Waals surface area contributed by atoms with E-state index in [1.807, 2.05) is 0 Å². The van der Waals surface area contributed by atoms with Crippen molar-refractivity contribution in [2.45, 2.75) is 18.1 Å². The number of fused-ring (bicyclic) bond motifs is 2. The number of anilines is 1. The smallest absolute Gasteiger partial charge is 0.417 e. The van der Waals surface area contributed by atoms with Crippen LogP contribution in [-0.4, -0.2) is 50.8 Å². The molecule has 0 bridgehead atoms. The molecule has 0 saturated carbocycles. The molecule has 14 heteroatoms. The third-order valence-corrected chi connectivity index (χ3v) is 6.82. The van der Waals surface area contributed by atoms with Gasteiger partial charge in [0.25, 0.3) is 0 Å². The van der Waals surface area contributed by atoms with Crippen LogP contribution in [0.4, 0.5) is 23.7 Å². The van der Waals surface area contributed by atoms with Crippen molar-refractivity contribution in [3.05, 3.63) is 48.8 Å². The van der Waals surface area contributed by atoms with E-state index in [0.29, 0.717) is 6.20 Å². The van der Waals surface area contributed by atoms with Crippen LogP contribution in [0.25, 0.3) is 28.3 Å². The van der Waals surface area contributed by atoms with Gasteiger partial charge in [-0.1, -0.05) is 19.6 Å². The first kappa shape index (κ1) is 24.2. The van der Waals surface area contributed by atoms with Crippen LogP contribution < -0.4 is 5.32 Å². The number of sulfone groups is 1. The largest absolute Gasteiger partial charge is 0.445 e. The van der Waals surface area contributed by atoms with E-state index < -0.39 is 27.7 Å². The van der Waals surface area contributed by atoms with E-state index in [-0.39, 0.29) is 51.4 Å². The van der Waals surface area contributed by atoms with Crippen LogP contribution in [0.3, 0.4) is 0 Å². The number of halogens is 3. The molecular weight excluding hydrogens is 489 g/mol. The number of carbonyl (C=O) groups excluding carboxylic acids is 1. The number of ether oxygens (including phenoxy) is 1. The first-order valence-corrected chi connectivity index (χ1v) is 11.8. The summed E-state index contributed by atoms with van der Waals surface area (Å²) in [7, 11) is -2.37. The molecule has 0 aliphatic heterocycles. The molecule has 1 amide bonds. The van der Waals surface area contributed by atoms with Gasteiger partial charge in [-0.2, -0.15) is 13.2 Å². The molecule has 0 aliphatic carbocycles. The molecule has 1 N–H and O–H groups in total. The van der Waals surface area contributed by atoms with Crippen molar-refractivity contribution in [2.24, 2.45) is 7.05 Å². The van der Waals surface area contributed by atoms with Crippen LogP contribution in [0.1, 0.15) is 12.5 Å². The molecule has 0 aromatic carbocycles. The highest BCUT2D eigenvalue weighted by molar-refractivity contribution is 7.91. The molecular formula is C21H19F3N6O4S. The summed E-state index contributed by atoms with van der Waals surface area (Å²) in [6.07, 6.45) is -1.88. The van der Waals surface area contributed by atoms with Crippen molar-refractivity contribution >= 4 is 38.4 Å². The average Bonchev–Trinajstić information content (AvgIpc) is 3.34. The zero-order chi connectivity index (χ0) is 25.5. The number of nitrogens with one attached hydrogen (secondary N) is 1. The minimum Gasteiger partial charge on any atom is -0.445 e. The second-order valence-electron chi connectivity index (χ2n) is 7.38. The van der Waals surface area contributed by atoms with Crippen LogP contribution in [0.5, 0.6) is 0 Å². The SMILES string of the molecule is C=CCOC(=O)Nc1ccn2c(S(=O)(=O)CC)c(-c3nc4cc(C(F)(F)F)cnc4n3C)nc2c1. The summed E-state index contributed by atoms with van der Waals surface area (Å²) < 4.78 is 73.0. The number of aryl methyl sites for hydroxylation is 1. The topological polar surface area (TPSA) is 120 Å². The highest BCUT2D eigenvalue weighted by Crippen LogP contribution is 2.33. The number of alkyl halides is 3. The number of nitrogens with zero attached hydrogens (tertiary/aromatic N) is 5. The maximum Gasteiger partial charge on any atom is 0.417 e. The summed E-state index contributed by atoms with van der Waals surface area (Å²) in [5, 5.41) is 2.30. The van der Waals surface area contributed by atoms with Crippen molar-refractivity contribution < 1.29 is 31.1 Å². The van der Waals surface area contributed by atoms with Gasteiger partial charge in [-0.3, -0.25) is 9.72 Å². The third-order valence-electron chi connectivity index (χ3n) is 5.08. The zero-order valence-electron chi connectivity index (χ0n) is 18.5. The Balaban J connectivity index is 1.90. The van der Waals surface area contributed by atoms with Crippen LogP contribution in [0, 0.1) is 0 Å². The Morgan fingerprint density at radius 1 is 1.29 bits per heavy atom. The number of rotatable bonds is 6. The highest BCUT2D eigenvalue weighted by atomic mass is 32.2. The lowest BCUT2D eigenvalue weighted by Gasteiger charge is -2.07. The van der Waals surface area contributed by atoms with Crippen molar-refractivity contribution in [3.63, 3.8) is 0 Å². The summed E-state index contributed by atoms with van der Waals surface area (Å²) >= 11 is 0. The Labute approximate surface area is 197 Å². The first-order valence-electron chi connectivity index (χ1n) is 10.2. The Morgan fingerprint density at radius 3 is 2.69 bits per heavy atom. The summed E-state index contributed by atoms with van der Waals surface area (Å²) in [6.45, 7) is 4.90. The molecule has 184 valence electrons. The maximum absolute atomic E-state index is 13.1. The lowest BCUT2D eigenvalue weighted by Crippen LogP contribution is -2.14. The van der Waals surface area contributed by atoms with E-state index in [0.717, 1.165) is 6.07 Å². The minimum atomic E-state index is -4.62. The summed E-state index contributed by atoms with van der Waals surface area (Å²) in [5.41, 5.74) is -0.550. The Morgan fingerprint density at radius 2 is 2.03 bits per heavy atom. The molecule has 4 aromatic heterocycles. The highest BCUT2D eigenvalue weighted by Gasteiger charge is 2.33. The molecule has 0 atom stereocenters. The van der Waals surface area contributed by atoms with E-state index in [1.54, 1.807) is 0 Å². The molecule has 0 aliphatic rings. The molecule has 0 fully saturated rings. The zero-order valence-corrected chi connectivity index (χ0v) is 19.3. The number of hydrogen-bond donors (Lipinski definition) is 1. The van der Waals surface area contributed by atoms with Crippen molar-refractivity contribution in [2.75, 3.05) is 17.7 Å². The summed E-state index contributed by atoms with van der Waals surface area (Å²) in [5.74, 6) is -0.246. The predicted octanol–water partition coefficient (Wildman–Crippen LogP) is 3.83. The summed E-state index contributed by atoms with van der Waals surface area (Å²) in [6, 6.07) is 3.72. The van der Waals surface area contributed by atoms with Gasteiger partial charge in [0, 0.05) is 31.2 Å². The van der Waals surface area contributed by atoms with Gasteiger partial charge in [-0.05, 0) is 12.1 Å². The van der Waals surface area contributed by atoms with Gasteiger partial charge in [0.15, 0.2) is 26.3 Å². The standard InChI is InChI=1S/C21H19F3N6O4S/c1-4-8-34-20(31)26-13-6-7-30-15(10-13)28-16(19(30)35(32,33)5-2)18-27-14-9-12(21(22,23)24)11-25-17(14)29(18)3/h4,6-7,9-11H,1,5,8H2,2-3H3,(H,26,31). The fourth-order valence-electron chi connectivity index (χ4n) is 3.41. The lowest BCUT2D eigenvalue weighted by atomic mass is 10.2. The minimum absolute atomic E-state index is 0.00268. The van der Waals surface area contributed by atoms with Crippen LogP contribution >= 0.6 is 0 Å². The Bertz CT molecular complexity index is 1570. The Hall–Kier alpha value is -3.94. The lowest BCUT2D eigenvalue weighted by molar-refractivity contribution is -0.137. The van der Waals surface area contributed by atoms with E-state index in [9.17, 15) is 26.4 Å². The molecule has 35 heavy (non-hydrogen) atoms. The molecule has 0 radical (unpaired) electrons. The van der Waals surface area contributed by atoms with Gasteiger partial charge in [-0.25, -0.2) is 28.2 Å². The number of imidazole rings is 2. The van der Waals surface area contributed by atoms with Gasteiger partial charge in [0.05, 0.1) is 11.3 Å². The van der Waals surface area contributed by atoms with Crippen molar-refractivity contribution in [1.82, 2.24) is 23.9 Å². The monoisotopic (exact) mass is 508 g/mol. The van der Waals surface area contributed by atoms with Crippen molar-refractivity contribution in [1.29, 1.82) is 0 Å². The van der Waals surface area contributed by atoms with Gasteiger partial charge in [-0.15, -0.1) is 0 Å². The van der Waals surface area contributed by atoms with Gasteiger partial charge < -0.3 is 9.30 Å². The second-order valence-corrected chi connectivity index (χ2v) is 9.58. The van der Waals surface area contributed by atoms with Gasteiger partial charge >= 0.3 is 12.3 Å². The molecule has 0 saturated heterocycles. The van der Waals surface area contributed by atoms with E-state index in [1.165, 1.54) is 47.3 Å². The molecule has 4 heterocycles. The Kier molecular flexibility index (Phi) is 6.00. The molecule has 0 spiro atoms. The molecule has 0 unspecified atom stereocenters. The fourth-order valence-corrected chi connectivity index (χ4v) is 4.57. The fraction of sp³-hybridized carbons (Fsp3) is 0.238. The van der Waals surface area contributed by atoms with Crippen molar-refractivity contribution in [3.8, 4) is 11.5 Å². The normalized spacial score (nSPS) is 12.3. The van der Waals surface area contributed by atoms with E-state index in [4.69, 9.17) is 4.74 Å². The van der Waals surface area contributed by atoms with Crippen LogP contribution in [0.2, 0.25) is 0 Å². The molecule has 4 aromatic rings. The summed E-state index contributed by atoms with van der Waals surface area (Å²) in [4.78, 5) is 24.3. The number of carbonyl (C=O) groups is 1. The number of aromatic nitrogens is 5. The third kappa shape index (κ3) is 4.43. The van der Waals surface area contributed by atoms with Gasteiger partial charge in [0.1, 0.15) is 23.5 Å². The molecule has 10 nitrogen and oxygen atoms in total. The quantitative estimate of drug-likeness (QED) is 0.393. The van der Waals surface area contributed by atoms with Crippen LogP contribution in [0.15, 0.2) is 48.3 Å². The van der Waals surface area contributed by atoms with E-state index >= 15 is 0 Å². The number of pyridine rings is 2.